The van der Waals surface area contributed by atoms with Crippen LogP contribution in [-0.4, -0.2) is 60.4 Å². The van der Waals surface area contributed by atoms with E-state index < -0.39 is 5.82 Å². The third-order valence-electron chi connectivity index (χ3n) is 4.45. The van der Waals surface area contributed by atoms with Crippen LogP contribution in [-0.2, 0) is 6.54 Å². The van der Waals surface area contributed by atoms with Crippen LogP contribution < -0.4 is 10.2 Å². The van der Waals surface area contributed by atoms with Crippen LogP contribution in [0.5, 0.6) is 0 Å². The summed E-state index contributed by atoms with van der Waals surface area (Å²) in [6.07, 6.45) is 4.65. The predicted molar refractivity (Wildman–Crippen MR) is 98.3 cm³/mol. The molecule has 140 valence electrons. The minimum absolute atomic E-state index is 0.326. The molecular weight excluding hydrogens is 338 g/mol. The molecular formula is C18H24F2N6. The van der Waals surface area contributed by atoms with Crippen LogP contribution in [0.2, 0.25) is 0 Å². The van der Waals surface area contributed by atoms with Crippen LogP contribution in [0.1, 0.15) is 6.42 Å². The van der Waals surface area contributed by atoms with Gasteiger partial charge in [0.2, 0.25) is 0 Å². The van der Waals surface area contributed by atoms with Crippen molar-refractivity contribution in [2.75, 3.05) is 44.7 Å². The number of nitrogens with one attached hydrogen (secondary N) is 1. The molecule has 1 aromatic heterocycles. The summed E-state index contributed by atoms with van der Waals surface area (Å²) < 4.78 is 29.2. The summed E-state index contributed by atoms with van der Waals surface area (Å²) in [5.41, 5.74) is 0.326. The van der Waals surface area contributed by atoms with Gasteiger partial charge in [-0.2, -0.15) is 5.10 Å². The van der Waals surface area contributed by atoms with E-state index in [-0.39, 0.29) is 5.82 Å². The van der Waals surface area contributed by atoms with E-state index in [0.29, 0.717) is 31.9 Å². The largest absolute Gasteiger partial charge is 0.366 e. The molecule has 1 saturated heterocycles. The summed E-state index contributed by atoms with van der Waals surface area (Å²) in [4.78, 5) is 8.35. The Morgan fingerprint density at radius 2 is 2.04 bits per heavy atom. The number of piperazine rings is 1. The van der Waals surface area contributed by atoms with Crippen LogP contribution >= 0.6 is 0 Å². The van der Waals surface area contributed by atoms with Crippen molar-refractivity contribution in [1.82, 2.24) is 20.0 Å². The molecule has 1 aliphatic rings. The maximum Gasteiger partial charge on any atom is 0.193 e. The number of guanidine groups is 1. The molecule has 26 heavy (non-hydrogen) atoms. The van der Waals surface area contributed by atoms with E-state index >= 15 is 0 Å². The number of aryl methyl sites for hydroxylation is 1. The SMILES string of the molecule is CN=C(NCCCn1cccn1)N1CCN(c2cc(F)ccc2F)CC1. The van der Waals surface area contributed by atoms with Gasteiger partial charge in [0.25, 0.3) is 0 Å². The summed E-state index contributed by atoms with van der Waals surface area (Å²) in [6.45, 7) is 4.29. The van der Waals surface area contributed by atoms with E-state index in [2.05, 4.69) is 20.3 Å². The molecule has 1 aromatic carbocycles. The number of hydrogen-bond acceptors (Lipinski definition) is 3. The van der Waals surface area contributed by atoms with Gasteiger partial charge in [0, 0.05) is 64.8 Å². The first-order chi connectivity index (χ1) is 12.7. The maximum atomic E-state index is 13.9. The van der Waals surface area contributed by atoms with Crippen molar-refractivity contribution in [3.63, 3.8) is 0 Å². The fraction of sp³-hybridized carbons (Fsp3) is 0.444. The van der Waals surface area contributed by atoms with Gasteiger partial charge >= 0.3 is 0 Å². The highest BCUT2D eigenvalue weighted by Gasteiger charge is 2.21. The monoisotopic (exact) mass is 362 g/mol. The zero-order valence-electron chi connectivity index (χ0n) is 14.9. The fourth-order valence-corrected chi connectivity index (χ4v) is 3.09. The lowest BCUT2D eigenvalue weighted by atomic mass is 10.2. The number of halogens is 2. The van der Waals surface area contributed by atoms with Crippen LogP contribution in [0.15, 0.2) is 41.7 Å². The van der Waals surface area contributed by atoms with Crippen molar-refractivity contribution >= 4 is 11.6 Å². The van der Waals surface area contributed by atoms with Gasteiger partial charge in [0.15, 0.2) is 5.96 Å². The van der Waals surface area contributed by atoms with E-state index in [1.54, 1.807) is 13.2 Å². The molecule has 0 bridgehead atoms. The number of rotatable bonds is 5. The number of anilines is 1. The van der Waals surface area contributed by atoms with Gasteiger partial charge in [0.1, 0.15) is 11.6 Å². The lowest BCUT2D eigenvalue weighted by Gasteiger charge is -2.37. The zero-order chi connectivity index (χ0) is 18.4. The van der Waals surface area contributed by atoms with E-state index in [9.17, 15) is 8.78 Å². The fourth-order valence-electron chi connectivity index (χ4n) is 3.09. The van der Waals surface area contributed by atoms with Crippen LogP contribution in [0.25, 0.3) is 0 Å². The van der Waals surface area contributed by atoms with E-state index in [1.807, 2.05) is 21.8 Å². The first-order valence-corrected chi connectivity index (χ1v) is 8.80. The summed E-state index contributed by atoms with van der Waals surface area (Å²) >= 11 is 0. The van der Waals surface area contributed by atoms with Gasteiger partial charge in [-0.1, -0.05) is 0 Å². The Morgan fingerprint density at radius 3 is 2.73 bits per heavy atom. The number of aromatic nitrogens is 2. The average Bonchev–Trinajstić information content (AvgIpc) is 3.18. The number of aliphatic imine (C=N–C) groups is 1. The highest BCUT2D eigenvalue weighted by Crippen LogP contribution is 2.21. The molecule has 0 saturated carbocycles. The Balaban J connectivity index is 1.47. The van der Waals surface area contributed by atoms with E-state index in [4.69, 9.17) is 0 Å². The summed E-state index contributed by atoms with van der Waals surface area (Å²) in [5.74, 6) is 0.0318. The molecule has 0 aliphatic carbocycles. The molecule has 1 aliphatic heterocycles. The van der Waals surface area contributed by atoms with Crippen LogP contribution in [0.4, 0.5) is 14.5 Å². The highest BCUT2D eigenvalue weighted by molar-refractivity contribution is 5.80. The third-order valence-corrected chi connectivity index (χ3v) is 4.45. The molecule has 6 nitrogen and oxygen atoms in total. The van der Waals surface area contributed by atoms with Gasteiger partial charge in [-0.05, 0) is 24.6 Å². The number of nitrogens with zero attached hydrogens (tertiary/aromatic N) is 5. The molecule has 1 N–H and O–H groups in total. The smallest absolute Gasteiger partial charge is 0.193 e. The van der Waals surface area contributed by atoms with Gasteiger partial charge in [-0.3, -0.25) is 9.67 Å². The minimum Gasteiger partial charge on any atom is -0.366 e. The lowest BCUT2D eigenvalue weighted by Crippen LogP contribution is -2.52. The second-order valence-corrected chi connectivity index (χ2v) is 6.17. The highest BCUT2D eigenvalue weighted by atomic mass is 19.1. The van der Waals surface area contributed by atoms with E-state index in [1.165, 1.54) is 12.1 Å². The molecule has 0 unspecified atom stereocenters. The third kappa shape index (κ3) is 4.50. The molecule has 3 rings (SSSR count). The maximum absolute atomic E-state index is 13.9. The van der Waals surface area contributed by atoms with Gasteiger partial charge < -0.3 is 15.1 Å². The standard InChI is InChI=1S/C18H24F2N6/c1-21-18(22-6-2-8-26-9-3-7-23-26)25-12-10-24(11-13-25)17-14-15(19)4-5-16(17)20/h3-5,7,9,14H,2,6,8,10-13H2,1H3,(H,21,22). The van der Waals surface area contributed by atoms with Gasteiger partial charge in [-0.25, -0.2) is 8.78 Å². The molecule has 1 fully saturated rings. The number of hydrogen-bond donors (Lipinski definition) is 1. The Kier molecular flexibility index (Phi) is 6.04. The second-order valence-electron chi connectivity index (χ2n) is 6.17. The van der Waals surface area contributed by atoms with E-state index in [0.717, 1.165) is 31.5 Å². The Hall–Kier alpha value is -2.64. The molecule has 0 atom stereocenters. The molecule has 0 amide bonds. The summed E-state index contributed by atoms with van der Waals surface area (Å²) in [6, 6.07) is 5.49. The predicted octanol–water partition coefficient (Wildman–Crippen LogP) is 1.95. The first kappa shape index (κ1) is 18.2. The van der Waals surface area contributed by atoms with Crippen LogP contribution in [0, 0.1) is 11.6 Å². The first-order valence-electron chi connectivity index (χ1n) is 8.80. The molecule has 2 aromatic rings. The van der Waals surface area contributed by atoms with Gasteiger partial charge in [0.05, 0.1) is 5.69 Å². The Morgan fingerprint density at radius 1 is 1.23 bits per heavy atom. The lowest BCUT2D eigenvalue weighted by molar-refractivity contribution is 0.369. The molecule has 8 heteroatoms. The molecule has 0 spiro atoms. The quantitative estimate of drug-likeness (QED) is 0.502. The average molecular weight is 362 g/mol. The van der Waals surface area contributed by atoms with Crippen molar-refractivity contribution in [3.8, 4) is 0 Å². The second kappa shape index (κ2) is 8.64. The molecule has 0 radical (unpaired) electrons. The van der Waals surface area contributed by atoms with Crippen LogP contribution in [0.3, 0.4) is 0 Å². The normalized spacial score (nSPS) is 15.4. The minimum atomic E-state index is -0.418. The van der Waals surface area contributed by atoms with Crippen molar-refractivity contribution < 1.29 is 8.78 Å². The van der Waals surface area contributed by atoms with Crippen molar-refractivity contribution in [2.45, 2.75) is 13.0 Å². The number of benzene rings is 1. The molecule has 2 heterocycles. The summed E-state index contributed by atoms with van der Waals surface area (Å²) in [7, 11) is 1.76. The van der Waals surface area contributed by atoms with Gasteiger partial charge in [-0.15, -0.1) is 0 Å². The Bertz CT molecular complexity index is 723. The topological polar surface area (TPSA) is 48.7 Å². The van der Waals surface area contributed by atoms with Crippen molar-refractivity contribution in [2.24, 2.45) is 4.99 Å². The van der Waals surface area contributed by atoms with Crippen molar-refractivity contribution in [1.29, 1.82) is 0 Å². The Labute approximate surface area is 152 Å². The zero-order valence-corrected chi connectivity index (χ0v) is 14.9. The summed E-state index contributed by atoms with van der Waals surface area (Å²) in [5, 5.41) is 7.54. The van der Waals surface area contributed by atoms with Crippen molar-refractivity contribution in [3.05, 3.63) is 48.3 Å².